The maximum absolute atomic E-state index is 11.6. The first kappa shape index (κ1) is 11.2. The Labute approximate surface area is 94.6 Å². The van der Waals surface area contributed by atoms with Gasteiger partial charge in [-0.15, -0.1) is 0 Å². The topological polar surface area (TPSA) is 52.6 Å². The van der Waals surface area contributed by atoms with E-state index in [-0.39, 0.29) is 5.97 Å². The van der Waals surface area contributed by atoms with E-state index in [0.717, 1.165) is 18.4 Å². The van der Waals surface area contributed by atoms with E-state index in [1.54, 1.807) is 6.92 Å². The Hall–Kier alpha value is -1.32. The highest BCUT2D eigenvalue weighted by atomic mass is 16.7. The van der Waals surface area contributed by atoms with Crippen molar-refractivity contribution in [2.45, 2.75) is 45.8 Å². The van der Waals surface area contributed by atoms with Gasteiger partial charge >= 0.3 is 11.9 Å². The standard InChI is InChI=1S/C12H16O4/c1-7-4-5-10-8(2)11(14)16-12(10,6-7)15-9(3)13/h7H,4-6H2,1-3H3/t7-,12-/m1/s1. The van der Waals surface area contributed by atoms with Crippen molar-refractivity contribution in [3.05, 3.63) is 11.1 Å². The molecule has 1 aliphatic heterocycles. The molecular formula is C12H16O4. The van der Waals surface area contributed by atoms with Gasteiger partial charge in [-0.2, -0.15) is 0 Å². The second kappa shape index (κ2) is 3.61. The summed E-state index contributed by atoms with van der Waals surface area (Å²) in [7, 11) is 0. The van der Waals surface area contributed by atoms with Crippen molar-refractivity contribution in [1.29, 1.82) is 0 Å². The van der Waals surface area contributed by atoms with Gasteiger partial charge in [-0.3, -0.25) is 4.79 Å². The first-order valence-corrected chi connectivity index (χ1v) is 5.58. The maximum Gasteiger partial charge on any atom is 0.337 e. The van der Waals surface area contributed by atoms with Gasteiger partial charge in [-0.1, -0.05) is 6.92 Å². The molecule has 2 atom stereocenters. The zero-order valence-electron chi connectivity index (χ0n) is 9.83. The van der Waals surface area contributed by atoms with Gasteiger partial charge in [-0.25, -0.2) is 4.79 Å². The lowest BCUT2D eigenvalue weighted by Gasteiger charge is -2.36. The summed E-state index contributed by atoms with van der Waals surface area (Å²) >= 11 is 0. The van der Waals surface area contributed by atoms with Crippen molar-refractivity contribution in [2.24, 2.45) is 5.92 Å². The van der Waals surface area contributed by atoms with Gasteiger partial charge < -0.3 is 9.47 Å². The fourth-order valence-electron chi connectivity index (χ4n) is 2.55. The number of esters is 2. The zero-order valence-corrected chi connectivity index (χ0v) is 9.83. The predicted molar refractivity (Wildman–Crippen MR) is 56.3 cm³/mol. The largest absolute Gasteiger partial charge is 0.418 e. The zero-order chi connectivity index (χ0) is 11.9. The third-order valence-corrected chi connectivity index (χ3v) is 3.29. The maximum atomic E-state index is 11.6. The Morgan fingerprint density at radius 1 is 1.56 bits per heavy atom. The molecule has 1 aliphatic carbocycles. The van der Waals surface area contributed by atoms with Crippen molar-refractivity contribution >= 4 is 11.9 Å². The summed E-state index contributed by atoms with van der Waals surface area (Å²) in [6.07, 6.45) is 2.35. The lowest BCUT2D eigenvalue weighted by molar-refractivity contribution is -0.213. The van der Waals surface area contributed by atoms with Crippen LogP contribution in [0.15, 0.2) is 11.1 Å². The Morgan fingerprint density at radius 3 is 2.88 bits per heavy atom. The number of hydrogen-bond donors (Lipinski definition) is 0. The third-order valence-electron chi connectivity index (χ3n) is 3.29. The monoisotopic (exact) mass is 224 g/mol. The molecule has 1 saturated carbocycles. The smallest absolute Gasteiger partial charge is 0.337 e. The van der Waals surface area contributed by atoms with E-state index in [2.05, 4.69) is 6.92 Å². The van der Waals surface area contributed by atoms with E-state index in [4.69, 9.17) is 9.47 Å². The molecule has 2 aliphatic rings. The van der Waals surface area contributed by atoms with Crippen molar-refractivity contribution in [3.63, 3.8) is 0 Å². The van der Waals surface area contributed by atoms with Gasteiger partial charge in [-0.05, 0) is 25.7 Å². The van der Waals surface area contributed by atoms with E-state index < -0.39 is 11.8 Å². The molecule has 1 fully saturated rings. The lowest BCUT2D eigenvalue weighted by Crippen LogP contribution is -2.41. The molecule has 0 N–H and O–H groups in total. The summed E-state index contributed by atoms with van der Waals surface area (Å²) in [5.74, 6) is -1.47. The van der Waals surface area contributed by atoms with Crippen LogP contribution in [-0.2, 0) is 19.1 Å². The molecule has 0 bridgehead atoms. The summed E-state index contributed by atoms with van der Waals surface area (Å²) in [6, 6.07) is 0. The van der Waals surface area contributed by atoms with Crippen LogP contribution < -0.4 is 0 Å². The van der Waals surface area contributed by atoms with Crippen LogP contribution in [0.2, 0.25) is 0 Å². The van der Waals surface area contributed by atoms with E-state index in [1.807, 2.05) is 0 Å². The van der Waals surface area contributed by atoms with Crippen LogP contribution in [0.3, 0.4) is 0 Å². The summed E-state index contributed by atoms with van der Waals surface area (Å²) in [6.45, 7) is 5.15. The van der Waals surface area contributed by atoms with Crippen LogP contribution in [0.4, 0.5) is 0 Å². The molecule has 0 spiro atoms. The molecule has 1 heterocycles. The molecule has 4 nitrogen and oxygen atoms in total. The van der Waals surface area contributed by atoms with E-state index >= 15 is 0 Å². The van der Waals surface area contributed by atoms with Gasteiger partial charge in [0.1, 0.15) is 0 Å². The molecule has 0 saturated heterocycles. The normalized spacial score (nSPS) is 33.4. The molecule has 4 heteroatoms. The first-order valence-electron chi connectivity index (χ1n) is 5.58. The van der Waals surface area contributed by atoms with E-state index in [9.17, 15) is 9.59 Å². The summed E-state index contributed by atoms with van der Waals surface area (Å²) < 4.78 is 10.6. The van der Waals surface area contributed by atoms with Crippen molar-refractivity contribution < 1.29 is 19.1 Å². The lowest BCUT2D eigenvalue weighted by atomic mass is 9.81. The summed E-state index contributed by atoms with van der Waals surface area (Å²) in [5.41, 5.74) is 1.46. The van der Waals surface area contributed by atoms with E-state index in [0.29, 0.717) is 17.9 Å². The molecule has 0 aromatic rings. The van der Waals surface area contributed by atoms with Crippen molar-refractivity contribution in [3.8, 4) is 0 Å². The Kier molecular flexibility index (Phi) is 2.52. The third kappa shape index (κ3) is 1.62. The van der Waals surface area contributed by atoms with Crippen LogP contribution in [-0.4, -0.2) is 17.7 Å². The first-order chi connectivity index (χ1) is 7.44. The molecular weight excluding hydrogens is 208 g/mol. The summed E-state index contributed by atoms with van der Waals surface area (Å²) in [4.78, 5) is 22.7. The van der Waals surface area contributed by atoms with E-state index in [1.165, 1.54) is 6.92 Å². The van der Waals surface area contributed by atoms with Crippen LogP contribution in [0.5, 0.6) is 0 Å². The number of ether oxygens (including phenoxy) is 2. The Balaban J connectivity index is 2.37. The van der Waals surface area contributed by atoms with Gasteiger partial charge in [0.15, 0.2) is 0 Å². The second-order valence-electron chi connectivity index (χ2n) is 4.69. The summed E-state index contributed by atoms with van der Waals surface area (Å²) in [5, 5.41) is 0. The predicted octanol–water partition coefficient (Wildman–Crippen LogP) is 1.94. The molecule has 0 unspecified atom stereocenters. The number of fused-ring (bicyclic) bond motifs is 1. The minimum absolute atomic E-state index is 0.356. The highest BCUT2D eigenvalue weighted by molar-refractivity contribution is 5.92. The van der Waals surface area contributed by atoms with Crippen LogP contribution in [0.1, 0.15) is 40.0 Å². The molecule has 0 aromatic heterocycles. The van der Waals surface area contributed by atoms with Gasteiger partial charge in [0.25, 0.3) is 5.79 Å². The molecule has 0 amide bonds. The molecule has 0 radical (unpaired) electrons. The van der Waals surface area contributed by atoms with Crippen LogP contribution in [0.25, 0.3) is 0 Å². The molecule has 0 aromatic carbocycles. The van der Waals surface area contributed by atoms with Crippen molar-refractivity contribution in [2.75, 3.05) is 0 Å². The van der Waals surface area contributed by atoms with Crippen LogP contribution >= 0.6 is 0 Å². The fourth-order valence-corrected chi connectivity index (χ4v) is 2.55. The number of hydrogen-bond acceptors (Lipinski definition) is 4. The second-order valence-corrected chi connectivity index (χ2v) is 4.69. The SMILES string of the molecule is CC(=O)O[C@@]12C[C@H](C)CCC1=C(C)C(=O)O2. The number of carbonyl (C=O) groups is 2. The Bertz CT molecular complexity index is 382. The highest BCUT2D eigenvalue weighted by Gasteiger charge is 2.51. The molecule has 16 heavy (non-hydrogen) atoms. The Morgan fingerprint density at radius 2 is 2.25 bits per heavy atom. The van der Waals surface area contributed by atoms with Crippen LogP contribution in [0, 0.1) is 5.92 Å². The van der Waals surface area contributed by atoms with Gasteiger partial charge in [0.2, 0.25) is 0 Å². The minimum atomic E-state index is -1.09. The highest BCUT2D eigenvalue weighted by Crippen LogP contribution is 2.46. The average molecular weight is 224 g/mol. The quantitative estimate of drug-likeness (QED) is 0.639. The molecule has 2 rings (SSSR count). The molecule has 88 valence electrons. The fraction of sp³-hybridized carbons (Fsp3) is 0.667. The number of carbonyl (C=O) groups excluding carboxylic acids is 2. The minimum Gasteiger partial charge on any atom is -0.418 e. The van der Waals surface area contributed by atoms with Gasteiger partial charge in [0, 0.05) is 24.5 Å². The average Bonchev–Trinajstić information content (AvgIpc) is 2.36. The van der Waals surface area contributed by atoms with Gasteiger partial charge in [0.05, 0.1) is 0 Å². The van der Waals surface area contributed by atoms with Crippen molar-refractivity contribution in [1.82, 2.24) is 0 Å². The number of rotatable bonds is 1.